The van der Waals surface area contributed by atoms with Gasteiger partial charge in [-0.2, -0.15) is 5.10 Å². The third kappa shape index (κ3) is 4.60. The number of benzene rings is 3. The Labute approximate surface area is 210 Å². The summed E-state index contributed by atoms with van der Waals surface area (Å²) in [6.07, 6.45) is 0. The molecule has 1 saturated heterocycles. The summed E-state index contributed by atoms with van der Waals surface area (Å²) in [5.41, 5.74) is 3.43. The second-order valence-corrected chi connectivity index (χ2v) is 8.98. The molecule has 36 heavy (non-hydrogen) atoms. The number of hydrogen-bond acceptors (Lipinski definition) is 4. The molecule has 5 rings (SSSR count). The van der Waals surface area contributed by atoms with E-state index in [1.165, 1.54) is 4.90 Å². The number of aliphatic carboxylic acids is 1. The van der Waals surface area contributed by atoms with E-state index < -0.39 is 17.9 Å². The number of aromatic nitrogens is 2. The van der Waals surface area contributed by atoms with Crippen molar-refractivity contribution < 1.29 is 14.7 Å². The first-order valence-electron chi connectivity index (χ1n) is 12.0. The molecule has 1 unspecified atom stereocenters. The number of amides is 1. The van der Waals surface area contributed by atoms with Crippen LogP contribution in [0.2, 0.25) is 0 Å². The highest BCUT2D eigenvalue weighted by molar-refractivity contribution is 5.91. The molecule has 0 radical (unpaired) electrons. The summed E-state index contributed by atoms with van der Waals surface area (Å²) in [7, 11) is 0. The van der Waals surface area contributed by atoms with E-state index in [0.29, 0.717) is 13.1 Å². The van der Waals surface area contributed by atoms with Crippen molar-refractivity contribution in [2.24, 2.45) is 0 Å². The molecule has 3 aromatic carbocycles. The Balaban J connectivity index is 1.46. The summed E-state index contributed by atoms with van der Waals surface area (Å²) < 4.78 is 1.84. The smallest absolute Gasteiger partial charge is 0.328 e. The van der Waals surface area contributed by atoms with E-state index in [4.69, 9.17) is 0 Å². The van der Waals surface area contributed by atoms with Crippen LogP contribution in [0.25, 0.3) is 5.69 Å². The highest BCUT2D eigenvalue weighted by atomic mass is 16.4. The number of carbonyl (C=O) groups excluding carboxylic acids is 1. The van der Waals surface area contributed by atoms with E-state index in [1.807, 2.05) is 114 Å². The topological polar surface area (TPSA) is 78.7 Å². The number of piperazine rings is 1. The normalized spacial score (nSPS) is 15.8. The largest absolute Gasteiger partial charge is 0.480 e. The zero-order chi connectivity index (χ0) is 25.1. The minimum atomic E-state index is -1.02. The second-order valence-electron chi connectivity index (χ2n) is 8.98. The average molecular weight is 481 g/mol. The van der Waals surface area contributed by atoms with Crippen molar-refractivity contribution in [3.05, 3.63) is 114 Å². The quantitative estimate of drug-likeness (QED) is 0.449. The minimum absolute atomic E-state index is 0.176. The Morgan fingerprint density at radius 2 is 1.42 bits per heavy atom. The highest BCUT2D eigenvalue weighted by Crippen LogP contribution is 2.30. The molecule has 0 saturated carbocycles. The first kappa shape index (κ1) is 23.4. The van der Waals surface area contributed by atoms with Gasteiger partial charge >= 0.3 is 5.97 Å². The van der Waals surface area contributed by atoms with Crippen molar-refractivity contribution in [1.29, 1.82) is 0 Å². The zero-order valence-electron chi connectivity index (χ0n) is 20.1. The van der Waals surface area contributed by atoms with Gasteiger partial charge in [0.05, 0.1) is 23.8 Å². The Kier molecular flexibility index (Phi) is 6.54. The van der Waals surface area contributed by atoms with Gasteiger partial charge in [0.2, 0.25) is 5.91 Å². The van der Waals surface area contributed by atoms with E-state index in [-0.39, 0.29) is 12.5 Å². The van der Waals surface area contributed by atoms with Gasteiger partial charge in [-0.25, -0.2) is 9.48 Å². The molecule has 1 aliphatic heterocycles. The number of anilines is 1. The maximum Gasteiger partial charge on any atom is 0.328 e. The average Bonchev–Trinajstić information content (AvgIpc) is 3.32. The van der Waals surface area contributed by atoms with Crippen LogP contribution in [-0.2, 0) is 9.59 Å². The van der Waals surface area contributed by atoms with E-state index in [2.05, 4.69) is 5.10 Å². The van der Waals surface area contributed by atoms with Gasteiger partial charge in [-0.15, -0.1) is 0 Å². The van der Waals surface area contributed by atoms with Crippen LogP contribution in [0, 0.1) is 6.92 Å². The first-order chi connectivity index (χ1) is 17.5. The van der Waals surface area contributed by atoms with Crippen LogP contribution >= 0.6 is 0 Å². The van der Waals surface area contributed by atoms with Crippen LogP contribution in [0.3, 0.4) is 0 Å². The van der Waals surface area contributed by atoms with Gasteiger partial charge in [0.1, 0.15) is 11.9 Å². The summed E-state index contributed by atoms with van der Waals surface area (Å²) >= 11 is 0. The molecule has 7 nitrogen and oxygen atoms in total. The number of aryl methyl sites for hydroxylation is 1. The summed E-state index contributed by atoms with van der Waals surface area (Å²) in [5, 5.41) is 14.8. The summed E-state index contributed by atoms with van der Waals surface area (Å²) in [5.74, 6) is -0.972. The Morgan fingerprint density at radius 1 is 0.861 bits per heavy atom. The molecule has 1 fully saturated rings. The van der Waals surface area contributed by atoms with Crippen LogP contribution in [0.15, 0.2) is 97.1 Å². The molecule has 1 aromatic heterocycles. The Morgan fingerprint density at radius 3 is 1.97 bits per heavy atom. The molecule has 1 N–H and O–H groups in total. The first-order valence-corrected chi connectivity index (χ1v) is 12.0. The fourth-order valence-electron chi connectivity index (χ4n) is 4.87. The molecule has 0 aliphatic carbocycles. The molecule has 4 aromatic rings. The van der Waals surface area contributed by atoms with E-state index in [9.17, 15) is 14.7 Å². The van der Waals surface area contributed by atoms with Crippen molar-refractivity contribution in [2.75, 3.05) is 24.5 Å². The lowest BCUT2D eigenvalue weighted by Crippen LogP contribution is -2.59. The number of carboxylic acid groups (broad SMARTS) is 1. The van der Waals surface area contributed by atoms with E-state index in [0.717, 1.165) is 28.3 Å². The molecule has 1 atom stereocenters. The van der Waals surface area contributed by atoms with Crippen LogP contribution in [0.5, 0.6) is 0 Å². The Hall–Kier alpha value is -4.39. The predicted octanol–water partition coefficient (Wildman–Crippen LogP) is 4.11. The van der Waals surface area contributed by atoms with Gasteiger partial charge < -0.3 is 14.9 Å². The maximum absolute atomic E-state index is 14.0. The second kappa shape index (κ2) is 10.1. The van der Waals surface area contributed by atoms with Gasteiger partial charge in [0.25, 0.3) is 0 Å². The van der Waals surface area contributed by atoms with Crippen LogP contribution in [0.4, 0.5) is 5.82 Å². The van der Waals surface area contributed by atoms with Gasteiger partial charge in [0.15, 0.2) is 0 Å². The van der Waals surface area contributed by atoms with E-state index in [1.54, 1.807) is 0 Å². The fraction of sp³-hybridized carbons (Fsp3) is 0.207. The van der Waals surface area contributed by atoms with Crippen molar-refractivity contribution in [2.45, 2.75) is 18.9 Å². The lowest BCUT2D eigenvalue weighted by molar-refractivity contribution is -0.151. The predicted molar refractivity (Wildman–Crippen MR) is 138 cm³/mol. The monoisotopic (exact) mass is 480 g/mol. The number of carbonyl (C=O) groups is 2. The lowest BCUT2D eigenvalue weighted by Gasteiger charge is -2.41. The molecule has 0 spiro atoms. The van der Waals surface area contributed by atoms with Gasteiger partial charge in [-0.3, -0.25) is 4.79 Å². The molecule has 7 heteroatoms. The molecule has 2 heterocycles. The maximum atomic E-state index is 14.0. The number of hydrogen-bond donors (Lipinski definition) is 1. The van der Waals surface area contributed by atoms with Crippen molar-refractivity contribution >= 4 is 17.7 Å². The van der Waals surface area contributed by atoms with Gasteiger partial charge in [0, 0.05) is 19.2 Å². The van der Waals surface area contributed by atoms with Gasteiger partial charge in [-0.1, -0.05) is 78.9 Å². The minimum Gasteiger partial charge on any atom is -0.480 e. The van der Waals surface area contributed by atoms with Crippen LogP contribution in [-0.4, -0.2) is 57.3 Å². The summed E-state index contributed by atoms with van der Waals surface area (Å²) in [6.45, 7) is 2.89. The number of carboxylic acids is 1. The molecular weight excluding hydrogens is 452 g/mol. The molecule has 1 aliphatic rings. The summed E-state index contributed by atoms with van der Waals surface area (Å²) in [6, 6.07) is 29.8. The van der Waals surface area contributed by atoms with Crippen LogP contribution < -0.4 is 4.90 Å². The van der Waals surface area contributed by atoms with E-state index >= 15 is 0 Å². The highest BCUT2D eigenvalue weighted by Gasteiger charge is 2.39. The van der Waals surface area contributed by atoms with Crippen molar-refractivity contribution in [3.8, 4) is 5.69 Å². The third-order valence-corrected chi connectivity index (χ3v) is 6.60. The SMILES string of the molecule is Cc1cc(N2CCN(C(=O)C(c3ccccc3)c3ccccc3)C(C(=O)O)C2)n(-c2ccccc2)n1. The number of para-hydroxylation sites is 1. The molecule has 0 bridgehead atoms. The molecular formula is C29H28N4O3. The zero-order valence-corrected chi connectivity index (χ0v) is 20.1. The number of rotatable bonds is 6. The lowest BCUT2D eigenvalue weighted by atomic mass is 9.89. The van der Waals surface area contributed by atoms with Crippen molar-refractivity contribution in [3.63, 3.8) is 0 Å². The molecule has 1 amide bonds. The molecule has 182 valence electrons. The van der Waals surface area contributed by atoms with Crippen LogP contribution in [0.1, 0.15) is 22.7 Å². The third-order valence-electron chi connectivity index (χ3n) is 6.60. The van der Waals surface area contributed by atoms with Crippen molar-refractivity contribution in [1.82, 2.24) is 14.7 Å². The van der Waals surface area contributed by atoms with Gasteiger partial charge in [-0.05, 0) is 30.2 Å². The standard InChI is InChI=1S/C29H28N4O3/c1-21-19-26(33(30-21)24-15-9-4-10-16-24)31-17-18-32(25(20-31)29(35)36)28(34)27(22-11-5-2-6-12-22)23-13-7-3-8-14-23/h2-16,19,25,27H,17-18,20H2,1H3,(H,35,36). The number of nitrogens with zero attached hydrogens (tertiary/aromatic N) is 4. The Bertz CT molecular complexity index is 1300. The fourth-order valence-corrected chi connectivity index (χ4v) is 4.87. The summed E-state index contributed by atoms with van der Waals surface area (Å²) in [4.78, 5) is 30.0.